The van der Waals surface area contributed by atoms with Crippen LogP contribution in [0, 0.1) is 0 Å². The molecule has 1 rings (SSSR count). The van der Waals surface area contributed by atoms with E-state index in [1.807, 2.05) is 20.8 Å². The number of carbonyl (C=O) groups is 2. The van der Waals surface area contributed by atoms with Gasteiger partial charge in [-0.2, -0.15) is 0 Å². The second-order valence-corrected chi connectivity index (χ2v) is 7.88. The third-order valence-corrected chi connectivity index (χ3v) is 4.59. The summed E-state index contributed by atoms with van der Waals surface area (Å²) in [6, 6.07) is 0. The summed E-state index contributed by atoms with van der Waals surface area (Å²) in [5.74, 6) is -0.232. The maximum Gasteiger partial charge on any atom is 0.410 e. The summed E-state index contributed by atoms with van der Waals surface area (Å²) in [5, 5.41) is 3.42. The van der Waals surface area contributed by atoms with E-state index in [1.165, 1.54) is 32.8 Å². The minimum absolute atomic E-state index is 0.232. The Morgan fingerprint density at radius 1 is 1.08 bits per heavy atom. The highest BCUT2D eigenvalue weighted by Gasteiger charge is 2.43. The maximum absolute atomic E-state index is 12.3. The van der Waals surface area contributed by atoms with Crippen molar-refractivity contribution in [1.29, 1.82) is 0 Å². The van der Waals surface area contributed by atoms with Crippen LogP contribution in [0.1, 0.15) is 72.6 Å². The first-order valence-corrected chi connectivity index (χ1v) is 9.55. The fraction of sp³-hybridized carbons (Fsp3) is 0.895. The standard InChI is InChI=1S/C19H36N2O4/c1-6-7-8-9-10-13-20-19(16(22)24-5)11-14-21(15-12-19)17(23)25-18(2,3)4/h20H,6-15H2,1-5H3. The quantitative estimate of drug-likeness (QED) is 0.533. The summed E-state index contributed by atoms with van der Waals surface area (Å²) in [6.07, 6.45) is 6.71. The van der Waals surface area contributed by atoms with Crippen LogP contribution in [-0.4, -0.2) is 54.8 Å². The zero-order chi connectivity index (χ0) is 18.9. The van der Waals surface area contributed by atoms with Crippen LogP contribution in [0.3, 0.4) is 0 Å². The number of likely N-dealkylation sites (tertiary alicyclic amines) is 1. The van der Waals surface area contributed by atoms with Crippen molar-refractivity contribution in [2.45, 2.75) is 83.8 Å². The minimum atomic E-state index is -0.683. The molecule has 0 bridgehead atoms. The predicted octanol–water partition coefficient (Wildman–Crippen LogP) is 3.49. The molecule has 1 aliphatic rings. The van der Waals surface area contributed by atoms with Crippen LogP contribution in [0.2, 0.25) is 0 Å². The molecular formula is C19H36N2O4. The summed E-state index contributed by atoms with van der Waals surface area (Å²) in [5.41, 5.74) is -1.19. The first kappa shape index (κ1) is 21.7. The molecule has 1 N–H and O–H groups in total. The Morgan fingerprint density at radius 3 is 2.20 bits per heavy atom. The molecule has 0 aliphatic carbocycles. The van der Waals surface area contributed by atoms with Gasteiger partial charge in [0, 0.05) is 13.1 Å². The summed E-state index contributed by atoms with van der Waals surface area (Å²) in [6.45, 7) is 9.54. The molecule has 1 amide bonds. The third-order valence-electron chi connectivity index (χ3n) is 4.59. The van der Waals surface area contributed by atoms with Crippen molar-refractivity contribution in [3.8, 4) is 0 Å². The van der Waals surface area contributed by atoms with Gasteiger partial charge in [0.2, 0.25) is 0 Å². The van der Waals surface area contributed by atoms with E-state index in [2.05, 4.69) is 12.2 Å². The van der Waals surface area contributed by atoms with Crippen LogP contribution >= 0.6 is 0 Å². The summed E-state index contributed by atoms with van der Waals surface area (Å²) in [7, 11) is 1.42. The van der Waals surface area contributed by atoms with E-state index in [9.17, 15) is 9.59 Å². The number of ether oxygens (including phenoxy) is 2. The van der Waals surface area contributed by atoms with E-state index < -0.39 is 11.1 Å². The molecule has 0 aromatic carbocycles. The first-order valence-electron chi connectivity index (χ1n) is 9.55. The van der Waals surface area contributed by atoms with Crippen molar-refractivity contribution in [3.63, 3.8) is 0 Å². The van der Waals surface area contributed by atoms with Gasteiger partial charge in [-0.05, 0) is 46.6 Å². The smallest absolute Gasteiger partial charge is 0.410 e. The summed E-state index contributed by atoms with van der Waals surface area (Å²) < 4.78 is 10.4. The molecular weight excluding hydrogens is 320 g/mol. The van der Waals surface area contributed by atoms with Crippen molar-refractivity contribution >= 4 is 12.1 Å². The van der Waals surface area contributed by atoms with Crippen molar-refractivity contribution in [1.82, 2.24) is 10.2 Å². The van der Waals surface area contributed by atoms with Gasteiger partial charge in [0.05, 0.1) is 7.11 Å². The number of unbranched alkanes of at least 4 members (excludes halogenated alkanes) is 4. The predicted molar refractivity (Wildman–Crippen MR) is 98.5 cm³/mol. The highest BCUT2D eigenvalue weighted by atomic mass is 16.6. The summed E-state index contributed by atoms with van der Waals surface area (Å²) >= 11 is 0. The number of nitrogens with zero attached hydrogens (tertiary/aromatic N) is 1. The zero-order valence-electron chi connectivity index (χ0n) is 16.7. The zero-order valence-corrected chi connectivity index (χ0v) is 16.7. The SMILES string of the molecule is CCCCCCCNC1(C(=O)OC)CCN(C(=O)OC(C)(C)C)CC1. The van der Waals surface area contributed by atoms with Crippen molar-refractivity contribution in [2.24, 2.45) is 0 Å². The number of amides is 1. The van der Waals surface area contributed by atoms with E-state index in [0.717, 1.165) is 13.0 Å². The van der Waals surface area contributed by atoms with E-state index in [4.69, 9.17) is 9.47 Å². The number of hydrogen-bond donors (Lipinski definition) is 1. The summed E-state index contributed by atoms with van der Waals surface area (Å²) in [4.78, 5) is 26.2. The second kappa shape index (κ2) is 10.00. The van der Waals surface area contributed by atoms with E-state index in [0.29, 0.717) is 25.9 Å². The molecule has 6 nitrogen and oxygen atoms in total. The molecule has 0 atom stereocenters. The average Bonchev–Trinajstić information content (AvgIpc) is 2.56. The van der Waals surface area contributed by atoms with Gasteiger partial charge < -0.3 is 19.7 Å². The van der Waals surface area contributed by atoms with Crippen LogP contribution in [0.4, 0.5) is 4.79 Å². The van der Waals surface area contributed by atoms with E-state index in [-0.39, 0.29) is 12.1 Å². The number of nitrogens with one attached hydrogen (secondary N) is 1. The lowest BCUT2D eigenvalue weighted by atomic mass is 9.87. The van der Waals surface area contributed by atoms with Crippen molar-refractivity contribution in [2.75, 3.05) is 26.7 Å². The van der Waals surface area contributed by atoms with Crippen LogP contribution in [0.5, 0.6) is 0 Å². The fourth-order valence-electron chi connectivity index (χ4n) is 3.10. The lowest BCUT2D eigenvalue weighted by molar-refractivity contribution is -0.151. The van der Waals surface area contributed by atoms with E-state index >= 15 is 0 Å². The monoisotopic (exact) mass is 356 g/mol. The first-order chi connectivity index (χ1) is 11.7. The topological polar surface area (TPSA) is 67.9 Å². The van der Waals surface area contributed by atoms with Crippen LogP contribution in [0.25, 0.3) is 0 Å². The fourth-order valence-corrected chi connectivity index (χ4v) is 3.10. The molecule has 25 heavy (non-hydrogen) atoms. The molecule has 146 valence electrons. The normalized spacial score (nSPS) is 17.2. The molecule has 0 aromatic rings. The Bertz CT molecular complexity index is 424. The molecule has 0 unspecified atom stereocenters. The van der Waals surface area contributed by atoms with Gasteiger partial charge in [0.15, 0.2) is 0 Å². The Balaban J connectivity index is 2.53. The van der Waals surface area contributed by atoms with Gasteiger partial charge in [-0.15, -0.1) is 0 Å². The Hall–Kier alpha value is -1.30. The Kier molecular flexibility index (Phi) is 8.69. The lowest BCUT2D eigenvalue weighted by Gasteiger charge is -2.40. The minimum Gasteiger partial charge on any atom is -0.468 e. The molecule has 6 heteroatoms. The second-order valence-electron chi connectivity index (χ2n) is 7.88. The van der Waals surface area contributed by atoms with Gasteiger partial charge in [0.1, 0.15) is 11.1 Å². The third kappa shape index (κ3) is 7.22. The van der Waals surface area contributed by atoms with Gasteiger partial charge in [0.25, 0.3) is 0 Å². The molecule has 0 radical (unpaired) electrons. The molecule has 0 spiro atoms. The van der Waals surface area contributed by atoms with E-state index in [1.54, 1.807) is 4.90 Å². The highest BCUT2D eigenvalue weighted by molar-refractivity contribution is 5.81. The van der Waals surface area contributed by atoms with Crippen molar-refractivity contribution in [3.05, 3.63) is 0 Å². The van der Waals surface area contributed by atoms with Crippen LogP contribution in [-0.2, 0) is 14.3 Å². The molecule has 0 aromatic heterocycles. The largest absolute Gasteiger partial charge is 0.468 e. The van der Waals surface area contributed by atoms with Crippen molar-refractivity contribution < 1.29 is 19.1 Å². The molecule has 1 aliphatic heterocycles. The molecule has 1 fully saturated rings. The molecule has 0 saturated carbocycles. The molecule has 1 saturated heterocycles. The number of esters is 1. The lowest BCUT2D eigenvalue weighted by Crippen LogP contribution is -2.60. The van der Waals surface area contributed by atoms with Gasteiger partial charge in [-0.3, -0.25) is 4.79 Å². The van der Waals surface area contributed by atoms with Gasteiger partial charge in [-0.25, -0.2) is 4.79 Å². The number of methoxy groups -OCH3 is 1. The average molecular weight is 357 g/mol. The molecule has 1 heterocycles. The number of carbonyl (C=O) groups excluding carboxylic acids is 2. The highest BCUT2D eigenvalue weighted by Crippen LogP contribution is 2.25. The maximum atomic E-state index is 12.3. The van der Waals surface area contributed by atoms with Gasteiger partial charge >= 0.3 is 12.1 Å². The number of rotatable bonds is 8. The Morgan fingerprint density at radius 2 is 1.68 bits per heavy atom. The Labute approximate surface area is 152 Å². The number of piperidine rings is 1. The van der Waals surface area contributed by atoms with Crippen LogP contribution < -0.4 is 5.32 Å². The van der Waals surface area contributed by atoms with Crippen LogP contribution in [0.15, 0.2) is 0 Å². The van der Waals surface area contributed by atoms with Gasteiger partial charge in [-0.1, -0.05) is 32.6 Å². The number of hydrogen-bond acceptors (Lipinski definition) is 5.